The van der Waals surface area contributed by atoms with Crippen molar-refractivity contribution in [3.8, 4) is 0 Å². The van der Waals surface area contributed by atoms with E-state index in [0.29, 0.717) is 25.2 Å². The summed E-state index contributed by atoms with van der Waals surface area (Å²) in [5, 5.41) is 9.14. The van der Waals surface area contributed by atoms with E-state index in [1.54, 1.807) is 12.3 Å². The number of fused-ring (bicyclic) bond motifs is 2. The number of thiazole rings is 1. The molecule has 0 unspecified atom stereocenters. The van der Waals surface area contributed by atoms with Crippen molar-refractivity contribution < 1.29 is 9.18 Å². The van der Waals surface area contributed by atoms with Crippen LogP contribution in [-0.4, -0.2) is 17.1 Å². The smallest absolute Gasteiger partial charge is 0.266 e. The van der Waals surface area contributed by atoms with E-state index in [1.165, 1.54) is 51.2 Å². The van der Waals surface area contributed by atoms with Crippen molar-refractivity contribution in [2.75, 3.05) is 5.01 Å². The Morgan fingerprint density at radius 3 is 2.77 bits per heavy atom. The van der Waals surface area contributed by atoms with Gasteiger partial charge in [-0.3, -0.25) is 4.79 Å². The highest BCUT2D eigenvalue weighted by Crippen LogP contribution is 2.38. The summed E-state index contributed by atoms with van der Waals surface area (Å²) < 4.78 is 15.2. The molecule has 0 radical (unpaired) electrons. The summed E-state index contributed by atoms with van der Waals surface area (Å²) >= 11 is 10.5. The molecule has 3 aromatic heterocycles. The van der Waals surface area contributed by atoms with Crippen LogP contribution in [0.2, 0.25) is 5.02 Å². The summed E-state index contributed by atoms with van der Waals surface area (Å²) in [6, 6.07) is 15.7. The van der Waals surface area contributed by atoms with E-state index in [4.69, 9.17) is 11.6 Å². The predicted octanol–water partition coefficient (Wildman–Crippen LogP) is 7.05. The molecule has 0 bridgehead atoms. The van der Waals surface area contributed by atoms with Crippen LogP contribution in [0.1, 0.15) is 14.5 Å². The van der Waals surface area contributed by atoms with E-state index in [0.717, 1.165) is 15.0 Å². The van der Waals surface area contributed by atoms with Crippen molar-refractivity contribution in [1.82, 2.24) is 4.98 Å². The monoisotopic (exact) mass is 471 g/mol. The molecule has 0 N–H and O–H groups in total. The lowest BCUT2D eigenvalue weighted by Gasteiger charge is -2.12. The number of carbonyl (C=O) groups is 1. The first-order chi connectivity index (χ1) is 14.6. The summed E-state index contributed by atoms with van der Waals surface area (Å²) in [6.07, 6.45) is 1.61. The van der Waals surface area contributed by atoms with Gasteiger partial charge in [0.2, 0.25) is 5.13 Å². The molecule has 5 aromatic rings. The van der Waals surface area contributed by atoms with E-state index in [9.17, 15) is 9.18 Å². The minimum absolute atomic E-state index is 0.349. The fraction of sp³-hybridized carbons (Fsp3) is 0. The number of hydrogen-bond donors (Lipinski definition) is 0. The Kier molecular flexibility index (Phi) is 5.08. The van der Waals surface area contributed by atoms with Gasteiger partial charge in [0.1, 0.15) is 10.7 Å². The number of aromatic nitrogens is 1. The highest BCUT2D eigenvalue weighted by molar-refractivity contribution is 7.23. The first-order valence-electron chi connectivity index (χ1n) is 8.75. The molecule has 0 fully saturated rings. The van der Waals surface area contributed by atoms with Crippen molar-refractivity contribution in [2.24, 2.45) is 5.10 Å². The van der Waals surface area contributed by atoms with Crippen molar-refractivity contribution >= 4 is 83.2 Å². The summed E-state index contributed by atoms with van der Waals surface area (Å²) in [7, 11) is 0. The Hall–Kier alpha value is -2.65. The summed E-state index contributed by atoms with van der Waals surface area (Å²) in [4.78, 5) is 19.2. The van der Waals surface area contributed by atoms with Gasteiger partial charge in [-0.25, -0.2) is 9.37 Å². The van der Waals surface area contributed by atoms with Gasteiger partial charge in [0.25, 0.3) is 5.91 Å². The van der Waals surface area contributed by atoms with Crippen LogP contribution in [0.3, 0.4) is 0 Å². The van der Waals surface area contributed by atoms with E-state index in [-0.39, 0.29) is 11.7 Å². The number of carbonyl (C=O) groups excluding carboxylic acids is 1. The number of hydrazone groups is 1. The molecule has 0 saturated heterocycles. The largest absolute Gasteiger partial charge is 0.292 e. The van der Waals surface area contributed by atoms with Crippen LogP contribution >= 0.6 is 45.6 Å². The number of anilines is 1. The molecule has 0 aliphatic carbocycles. The molecule has 0 aliphatic heterocycles. The van der Waals surface area contributed by atoms with Gasteiger partial charge in [0.15, 0.2) is 0 Å². The first kappa shape index (κ1) is 19.3. The minimum Gasteiger partial charge on any atom is -0.266 e. The number of amides is 1. The van der Waals surface area contributed by atoms with Crippen LogP contribution in [0.4, 0.5) is 9.52 Å². The lowest BCUT2D eigenvalue weighted by Crippen LogP contribution is -2.25. The zero-order valence-electron chi connectivity index (χ0n) is 15.1. The number of halogens is 2. The van der Waals surface area contributed by atoms with Gasteiger partial charge >= 0.3 is 0 Å². The van der Waals surface area contributed by atoms with E-state index >= 15 is 0 Å². The molecule has 9 heteroatoms. The molecule has 0 aliphatic rings. The topological polar surface area (TPSA) is 45.6 Å². The number of rotatable bonds is 4. The Balaban J connectivity index is 1.62. The lowest BCUT2D eigenvalue weighted by atomic mass is 10.2. The third-order valence-corrected chi connectivity index (χ3v) is 7.75. The second-order valence-corrected chi connectivity index (χ2v) is 9.65. The summed E-state index contributed by atoms with van der Waals surface area (Å²) in [5.41, 5.74) is 0.600. The van der Waals surface area contributed by atoms with Crippen LogP contribution < -0.4 is 5.01 Å². The number of hydrogen-bond acceptors (Lipinski definition) is 6. The number of nitrogens with zero attached hydrogens (tertiary/aromatic N) is 3. The molecule has 4 nitrogen and oxygen atoms in total. The third-order valence-electron chi connectivity index (χ3n) is 4.29. The van der Waals surface area contributed by atoms with E-state index in [1.807, 2.05) is 41.8 Å². The van der Waals surface area contributed by atoms with Crippen LogP contribution in [0.15, 0.2) is 65.1 Å². The van der Waals surface area contributed by atoms with Gasteiger partial charge in [-0.05, 0) is 35.7 Å². The Labute approximate surface area is 187 Å². The highest BCUT2D eigenvalue weighted by Gasteiger charge is 2.26. The van der Waals surface area contributed by atoms with Crippen LogP contribution in [0, 0.1) is 5.82 Å². The lowest BCUT2D eigenvalue weighted by molar-refractivity contribution is 0.0992. The maximum Gasteiger partial charge on any atom is 0.292 e. The van der Waals surface area contributed by atoms with Crippen molar-refractivity contribution in [3.05, 3.63) is 80.6 Å². The van der Waals surface area contributed by atoms with Crippen LogP contribution in [0.5, 0.6) is 0 Å². The van der Waals surface area contributed by atoms with Gasteiger partial charge in [-0.2, -0.15) is 10.1 Å². The van der Waals surface area contributed by atoms with Gasteiger partial charge in [0.05, 0.1) is 21.5 Å². The van der Waals surface area contributed by atoms with E-state index in [2.05, 4.69) is 10.1 Å². The number of thiophene rings is 2. The second-order valence-electron chi connectivity index (χ2n) is 6.23. The van der Waals surface area contributed by atoms with Crippen LogP contribution in [-0.2, 0) is 0 Å². The molecule has 30 heavy (non-hydrogen) atoms. The number of benzene rings is 2. The first-order valence-corrected chi connectivity index (χ1v) is 11.6. The normalized spacial score (nSPS) is 11.7. The average molecular weight is 472 g/mol. The molecule has 0 atom stereocenters. The standard InChI is InChI=1S/C21H11ClFN3OS3/c22-18-14-5-1-2-6-16(14)29-19(18)20(27)26(24-11-13-4-3-9-28-13)21-25-15-8-7-12(23)10-17(15)30-21/h1-11H/b24-11+. The van der Waals surface area contributed by atoms with Crippen LogP contribution in [0.25, 0.3) is 20.3 Å². The maximum atomic E-state index is 13.6. The predicted molar refractivity (Wildman–Crippen MR) is 125 cm³/mol. The summed E-state index contributed by atoms with van der Waals surface area (Å²) in [5.74, 6) is -0.737. The Morgan fingerprint density at radius 2 is 1.97 bits per heavy atom. The third kappa shape index (κ3) is 3.52. The van der Waals surface area contributed by atoms with Gasteiger partial charge in [-0.15, -0.1) is 22.7 Å². The Bertz CT molecular complexity index is 1410. The fourth-order valence-electron chi connectivity index (χ4n) is 2.89. The fourth-order valence-corrected chi connectivity index (χ4v) is 5.86. The van der Waals surface area contributed by atoms with Crippen molar-refractivity contribution in [3.63, 3.8) is 0 Å². The van der Waals surface area contributed by atoms with Gasteiger partial charge < -0.3 is 0 Å². The molecule has 0 spiro atoms. The zero-order valence-corrected chi connectivity index (χ0v) is 18.3. The van der Waals surface area contributed by atoms with E-state index < -0.39 is 0 Å². The molecule has 3 heterocycles. The Morgan fingerprint density at radius 1 is 1.10 bits per heavy atom. The van der Waals surface area contributed by atoms with Gasteiger partial charge in [-0.1, -0.05) is 47.2 Å². The molecule has 0 saturated carbocycles. The second kappa shape index (κ2) is 7.88. The molecule has 5 rings (SSSR count). The zero-order chi connectivity index (χ0) is 20.7. The van der Waals surface area contributed by atoms with Crippen molar-refractivity contribution in [1.29, 1.82) is 0 Å². The molecular formula is C21H11ClFN3OS3. The molecular weight excluding hydrogens is 461 g/mol. The van der Waals surface area contributed by atoms with Gasteiger partial charge in [0, 0.05) is 15.0 Å². The maximum absolute atomic E-state index is 13.6. The molecule has 2 aromatic carbocycles. The average Bonchev–Trinajstić information content (AvgIpc) is 3.47. The summed E-state index contributed by atoms with van der Waals surface area (Å²) in [6.45, 7) is 0. The molecule has 148 valence electrons. The minimum atomic E-state index is -0.381. The van der Waals surface area contributed by atoms with Crippen molar-refractivity contribution in [2.45, 2.75) is 0 Å². The SMILES string of the molecule is O=C(c1sc2ccccc2c1Cl)N(/N=C/c1cccs1)c1nc2ccc(F)cc2s1. The quantitative estimate of drug-likeness (QED) is 0.208. The molecule has 1 amide bonds. The highest BCUT2D eigenvalue weighted by atomic mass is 35.5.